The summed E-state index contributed by atoms with van der Waals surface area (Å²) in [4.78, 5) is 20.4. The van der Waals surface area contributed by atoms with Crippen LogP contribution in [-0.2, 0) is 0 Å². The molecule has 0 radical (unpaired) electrons. The molecule has 0 saturated carbocycles. The number of amides is 1. The number of nitrogens with zero attached hydrogens (tertiary/aromatic N) is 2. The van der Waals surface area contributed by atoms with Gasteiger partial charge in [0.2, 0.25) is 0 Å². The second-order valence-corrected chi connectivity index (χ2v) is 4.05. The monoisotopic (exact) mass is 285 g/mol. The van der Waals surface area contributed by atoms with E-state index >= 15 is 0 Å². The molecule has 1 N–H and O–H groups in total. The Morgan fingerprint density at radius 3 is 2.50 bits per heavy atom. The summed E-state index contributed by atoms with van der Waals surface area (Å²) in [7, 11) is 0. The van der Waals surface area contributed by atoms with Gasteiger partial charge in [-0.15, -0.1) is 12.4 Å². The SMILES string of the molecule is Cl.O=C(Nc1cccc2cccnc12)c1ccccn1. The maximum Gasteiger partial charge on any atom is 0.274 e. The molecule has 1 aromatic carbocycles. The molecule has 0 fully saturated rings. The highest BCUT2D eigenvalue weighted by molar-refractivity contribution is 6.07. The molecule has 2 aromatic heterocycles. The third-order valence-corrected chi connectivity index (χ3v) is 2.78. The number of halogens is 1. The van der Waals surface area contributed by atoms with E-state index in [-0.39, 0.29) is 18.3 Å². The summed E-state index contributed by atoms with van der Waals surface area (Å²) in [5, 5.41) is 3.82. The van der Waals surface area contributed by atoms with Crippen molar-refractivity contribution in [1.29, 1.82) is 0 Å². The summed E-state index contributed by atoms with van der Waals surface area (Å²) in [6.07, 6.45) is 3.30. The molecule has 0 aliphatic heterocycles. The molecule has 20 heavy (non-hydrogen) atoms. The highest BCUT2D eigenvalue weighted by Gasteiger charge is 2.09. The van der Waals surface area contributed by atoms with Gasteiger partial charge in [-0.1, -0.05) is 24.3 Å². The standard InChI is InChI=1S/C15H11N3O.ClH/c19-15(13-7-1-2-9-16-13)18-12-8-3-5-11-6-4-10-17-14(11)12;/h1-10H,(H,18,19);1H. The number of aromatic nitrogens is 2. The molecule has 100 valence electrons. The fourth-order valence-electron chi connectivity index (χ4n) is 1.89. The van der Waals surface area contributed by atoms with Gasteiger partial charge in [0.25, 0.3) is 5.91 Å². The average molecular weight is 286 g/mol. The number of carbonyl (C=O) groups is 1. The summed E-state index contributed by atoms with van der Waals surface area (Å²) >= 11 is 0. The summed E-state index contributed by atoms with van der Waals surface area (Å²) < 4.78 is 0. The first-order chi connectivity index (χ1) is 9.34. The highest BCUT2D eigenvalue weighted by Crippen LogP contribution is 2.20. The molecule has 5 heteroatoms. The van der Waals surface area contributed by atoms with E-state index in [9.17, 15) is 4.79 Å². The zero-order valence-corrected chi connectivity index (χ0v) is 11.3. The van der Waals surface area contributed by atoms with Crippen LogP contribution in [0.15, 0.2) is 60.9 Å². The normalized spacial score (nSPS) is 9.80. The molecule has 0 saturated heterocycles. The summed E-state index contributed by atoms with van der Waals surface area (Å²) in [6, 6.07) is 14.7. The zero-order valence-electron chi connectivity index (χ0n) is 10.5. The second-order valence-electron chi connectivity index (χ2n) is 4.05. The van der Waals surface area contributed by atoms with Gasteiger partial charge in [-0.25, -0.2) is 0 Å². The third-order valence-electron chi connectivity index (χ3n) is 2.78. The van der Waals surface area contributed by atoms with Crippen LogP contribution < -0.4 is 5.32 Å². The number of hydrogen-bond acceptors (Lipinski definition) is 3. The van der Waals surface area contributed by atoms with Crippen LogP contribution in [-0.4, -0.2) is 15.9 Å². The largest absolute Gasteiger partial charge is 0.319 e. The number of hydrogen-bond donors (Lipinski definition) is 1. The number of rotatable bonds is 2. The van der Waals surface area contributed by atoms with Crippen LogP contribution in [0, 0.1) is 0 Å². The van der Waals surface area contributed by atoms with Gasteiger partial charge in [0.1, 0.15) is 5.69 Å². The summed E-state index contributed by atoms with van der Waals surface area (Å²) in [5.74, 6) is -0.237. The van der Waals surface area contributed by atoms with Gasteiger partial charge in [-0.2, -0.15) is 0 Å². The van der Waals surface area contributed by atoms with Crippen molar-refractivity contribution in [2.24, 2.45) is 0 Å². The number of anilines is 1. The van der Waals surface area contributed by atoms with Gasteiger partial charge in [0.05, 0.1) is 11.2 Å². The number of pyridine rings is 2. The Morgan fingerprint density at radius 1 is 0.900 bits per heavy atom. The molecular weight excluding hydrogens is 274 g/mol. The Morgan fingerprint density at radius 2 is 1.70 bits per heavy atom. The Hall–Kier alpha value is -2.46. The van der Waals surface area contributed by atoms with Crippen molar-refractivity contribution in [1.82, 2.24) is 9.97 Å². The molecule has 0 aliphatic carbocycles. The first kappa shape index (κ1) is 14.0. The van der Waals surface area contributed by atoms with Gasteiger partial charge < -0.3 is 5.32 Å². The highest BCUT2D eigenvalue weighted by atomic mass is 35.5. The lowest BCUT2D eigenvalue weighted by atomic mass is 10.2. The fourth-order valence-corrected chi connectivity index (χ4v) is 1.89. The van der Waals surface area contributed by atoms with E-state index in [1.807, 2.05) is 30.3 Å². The van der Waals surface area contributed by atoms with Crippen molar-refractivity contribution in [2.45, 2.75) is 0 Å². The topological polar surface area (TPSA) is 54.9 Å². The van der Waals surface area contributed by atoms with Crippen LogP contribution in [0.1, 0.15) is 10.5 Å². The molecule has 3 aromatic rings. The van der Waals surface area contributed by atoms with Crippen molar-refractivity contribution in [2.75, 3.05) is 5.32 Å². The molecule has 3 rings (SSSR count). The quantitative estimate of drug-likeness (QED) is 0.786. The van der Waals surface area contributed by atoms with Crippen molar-refractivity contribution in [3.63, 3.8) is 0 Å². The summed E-state index contributed by atoms with van der Waals surface area (Å²) in [5.41, 5.74) is 1.85. The third kappa shape index (κ3) is 2.75. The van der Waals surface area contributed by atoms with Crippen LogP contribution in [0.3, 0.4) is 0 Å². The average Bonchev–Trinajstić information content (AvgIpc) is 2.48. The molecule has 0 bridgehead atoms. The number of carbonyl (C=O) groups excluding carboxylic acids is 1. The Bertz CT molecular complexity index is 726. The van der Waals surface area contributed by atoms with Gasteiger partial charge in [-0.05, 0) is 24.3 Å². The van der Waals surface area contributed by atoms with Gasteiger partial charge >= 0.3 is 0 Å². The molecule has 0 spiro atoms. The summed E-state index contributed by atoms with van der Waals surface area (Å²) in [6.45, 7) is 0. The minimum atomic E-state index is -0.237. The van der Waals surface area contributed by atoms with Gasteiger partial charge in [0, 0.05) is 17.8 Å². The number of nitrogens with one attached hydrogen (secondary N) is 1. The van der Waals surface area contributed by atoms with Crippen molar-refractivity contribution in [3.05, 3.63) is 66.6 Å². The van der Waals surface area contributed by atoms with E-state index in [4.69, 9.17) is 0 Å². The van der Waals surface area contributed by atoms with Crippen LogP contribution in [0.5, 0.6) is 0 Å². The molecular formula is C15H12ClN3O. The first-order valence-corrected chi connectivity index (χ1v) is 5.91. The fraction of sp³-hybridized carbons (Fsp3) is 0. The lowest BCUT2D eigenvalue weighted by molar-refractivity contribution is 0.102. The number of para-hydroxylation sites is 1. The van der Waals surface area contributed by atoms with Crippen molar-refractivity contribution < 1.29 is 4.79 Å². The van der Waals surface area contributed by atoms with E-state index in [2.05, 4.69) is 15.3 Å². The molecule has 0 unspecified atom stereocenters. The minimum Gasteiger partial charge on any atom is -0.319 e. The molecule has 0 atom stereocenters. The first-order valence-electron chi connectivity index (χ1n) is 5.91. The van der Waals surface area contributed by atoms with E-state index < -0.39 is 0 Å². The lowest BCUT2D eigenvalue weighted by Crippen LogP contribution is -2.13. The molecule has 0 aliphatic rings. The van der Waals surface area contributed by atoms with Crippen LogP contribution in [0.4, 0.5) is 5.69 Å². The Balaban J connectivity index is 0.00000147. The van der Waals surface area contributed by atoms with Crippen molar-refractivity contribution >= 4 is 34.9 Å². The minimum absolute atomic E-state index is 0. The van der Waals surface area contributed by atoms with E-state index in [0.717, 1.165) is 10.9 Å². The predicted octanol–water partition coefficient (Wildman–Crippen LogP) is 3.30. The zero-order chi connectivity index (χ0) is 13.1. The van der Waals surface area contributed by atoms with Gasteiger partial charge in [-0.3, -0.25) is 14.8 Å². The molecule has 1 amide bonds. The van der Waals surface area contributed by atoms with Crippen LogP contribution in [0.2, 0.25) is 0 Å². The van der Waals surface area contributed by atoms with Crippen LogP contribution in [0.25, 0.3) is 10.9 Å². The van der Waals surface area contributed by atoms with Gasteiger partial charge in [0.15, 0.2) is 0 Å². The predicted molar refractivity (Wildman–Crippen MR) is 81.2 cm³/mol. The number of fused-ring (bicyclic) bond motifs is 1. The molecule has 2 heterocycles. The van der Waals surface area contributed by atoms with E-state index in [1.165, 1.54) is 0 Å². The maximum absolute atomic E-state index is 12.1. The lowest BCUT2D eigenvalue weighted by Gasteiger charge is -2.07. The molecule has 4 nitrogen and oxygen atoms in total. The number of benzene rings is 1. The second kappa shape index (κ2) is 6.12. The van der Waals surface area contributed by atoms with E-state index in [1.54, 1.807) is 30.6 Å². The smallest absolute Gasteiger partial charge is 0.274 e. The van der Waals surface area contributed by atoms with E-state index in [0.29, 0.717) is 11.4 Å². The Labute approximate surface area is 122 Å². The maximum atomic E-state index is 12.1. The van der Waals surface area contributed by atoms with Crippen molar-refractivity contribution in [3.8, 4) is 0 Å². The van der Waals surface area contributed by atoms with Crippen LogP contribution >= 0.6 is 12.4 Å². The Kier molecular flexibility index (Phi) is 4.27.